The first kappa shape index (κ1) is 65.1. The zero-order chi connectivity index (χ0) is 58.0. The molecule has 0 radical (unpaired) electrons. The lowest BCUT2D eigenvalue weighted by Gasteiger charge is -2.34. The summed E-state index contributed by atoms with van der Waals surface area (Å²) < 4.78 is 0. The minimum Gasteiger partial charge on any atom is -0.508 e. The highest BCUT2D eigenvalue weighted by atomic mass is 16.3. The quantitative estimate of drug-likeness (QED) is 0.0496. The van der Waals surface area contributed by atoms with Crippen LogP contribution < -0.4 is 38.1 Å². The summed E-state index contributed by atoms with van der Waals surface area (Å²) in [5, 5.41) is 102. The molecule has 1 aromatic carbocycles. The molecule has 3 aliphatic rings. The highest BCUT2D eigenvalue weighted by molar-refractivity contribution is 5.98. The standard InChI is InChI=1S/C53H87N9O16/c1-5-28(2)22-29(3)12-10-8-6-7-9-11-13-42(71)57-35-25-40(69)48(56-20-19-54)60-51(76)45-37(66)18-21-61(45)53(78)44(39(68)26-41(55)70)59-49(74)34(47(73)46(72)31-14-16-32(64)17-15-31)24-38(67)36-23-33(65)27-62(36)52(77)43(30(4)63)58-50(35)75/h14-17,28-30,33-37,39-40,43-48,56,63-66,68-69,72-73H,5-13,18-27,54H2,1-4H3,(H2,55,70)(H,57,71)(H,58,75)(H,59,74)(H,60,76)/t28?,29?,30-,33-,34+,35+,36+,37+,39-,40-,43+,44+,45+,46+,47+,48+/m1/s1. The number of benzene rings is 1. The van der Waals surface area contributed by atoms with Crippen molar-refractivity contribution in [3.05, 3.63) is 29.8 Å². The number of hydrogen-bond donors (Lipinski definition) is 15. The number of carbonyl (C=O) groups excluding carboxylic acids is 8. The number of unbranched alkanes of at least 4 members (excludes halogenated alkanes) is 5. The van der Waals surface area contributed by atoms with E-state index >= 15 is 0 Å². The second kappa shape index (κ2) is 31.4. The summed E-state index contributed by atoms with van der Waals surface area (Å²) in [7, 11) is 0. The van der Waals surface area contributed by atoms with Crippen molar-refractivity contribution in [3.63, 3.8) is 0 Å². The van der Waals surface area contributed by atoms with Gasteiger partial charge in [0.2, 0.25) is 41.4 Å². The summed E-state index contributed by atoms with van der Waals surface area (Å²) in [6.45, 7) is 6.83. The monoisotopic (exact) mass is 1110 g/mol. The molecule has 3 fully saturated rings. The Kier molecular flexibility index (Phi) is 26.2. The fourth-order valence-corrected chi connectivity index (χ4v) is 10.5. The molecule has 1 aromatic rings. The summed E-state index contributed by atoms with van der Waals surface area (Å²) in [6.07, 6.45) is -9.21. The van der Waals surface area contributed by atoms with Crippen molar-refractivity contribution in [3.8, 4) is 5.75 Å². The van der Waals surface area contributed by atoms with E-state index in [0.717, 1.165) is 67.4 Å². The third-order valence-electron chi connectivity index (χ3n) is 15.2. The number of aliphatic hydroxyl groups is 7. The van der Waals surface area contributed by atoms with E-state index in [-0.39, 0.29) is 43.8 Å². The van der Waals surface area contributed by atoms with Crippen LogP contribution in [0.2, 0.25) is 0 Å². The fourth-order valence-electron chi connectivity index (χ4n) is 10.5. The number of nitrogens with zero attached hydrogens (tertiary/aromatic N) is 2. The van der Waals surface area contributed by atoms with Crippen molar-refractivity contribution < 1.29 is 79.2 Å². The molecule has 7 amide bonds. The molecule has 0 saturated carbocycles. The minimum atomic E-state index is -2.24. The second-order valence-corrected chi connectivity index (χ2v) is 21.6. The van der Waals surface area contributed by atoms with E-state index in [2.05, 4.69) is 47.4 Å². The SMILES string of the molecule is CCC(C)CC(C)CCCCCCCCC(=O)N[C@H]1C[C@@H](O)[C@@H](NCCN)NC(=O)[C@@H]2[C@@H](O)CCN2C(=O)[C@H]([C@H](O)CC(N)=O)NC(=O)[C@H]([C@H](O)[C@@H](O)c2ccc(O)cc2)CC(=O)[C@@H]2C[C@@H](O)CN2C(=O)[C@H]([C@@H](C)O)NC1=O. The van der Waals surface area contributed by atoms with Crippen LogP contribution in [0.3, 0.4) is 0 Å². The van der Waals surface area contributed by atoms with Gasteiger partial charge in [-0.05, 0) is 55.7 Å². The Morgan fingerprint density at radius 2 is 1.41 bits per heavy atom. The summed E-state index contributed by atoms with van der Waals surface area (Å²) in [5.41, 5.74) is 11.1. The van der Waals surface area contributed by atoms with E-state index < -0.39 is 164 Å². The van der Waals surface area contributed by atoms with Crippen molar-refractivity contribution in [1.29, 1.82) is 0 Å². The Labute approximate surface area is 455 Å². The molecule has 25 nitrogen and oxygen atoms in total. The van der Waals surface area contributed by atoms with Gasteiger partial charge in [-0.3, -0.25) is 43.7 Å². The molecule has 3 aliphatic heterocycles. The number of rotatable bonds is 23. The predicted octanol–water partition coefficient (Wildman–Crippen LogP) is -2.69. The molecule has 4 rings (SSSR count). The van der Waals surface area contributed by atoms with E-state index in [1.54, 1.807) is 0 Å². The number of carbonyl (C=O) groups is 8. The number of phenolic OH excluding ortho intramolecular Hbond substituents is 1. The first-order valence-corrected chi connectivity index (χ1v) is 27.5. The number of amides is 7. The first-order chi connectivity index (χ1) is 36.9. The number of aliphatic hydroxyl groups excluding tert-OH is 7. The number of aromatic hydroxyl groups is 1. The highest BCUT2D eigenvalue weighted by Gasteiger charge is 2.49. The largest absolute Gasteiger partial charge is 0.508 e. The lowest BCUT2D eigenvalue weighted by Crippen LogP contribution is -2.63. The van der Waals surface area contributed by atoms with Gasteiger partial charge in [-0.15, -0.1) is 0 Å². The van der Waals surface area contributed by atoms with Crippen LogP contribution >= 0.6 is 0 Å². The van der Waals surface area contributed by atoms with Crippen LogP contribution in [-0.2, 0) is 38.4 Å². The fraction of sp³-hybridized carbons (Fsp3) is 0.736. The summed E-state index contributed by atoms with van der Waals surface area (Å²) >= 11 is 0. The molecular formula is C53H87N9O16. The van der Waals surface area contributed by atoms with Gasteiger partial charge in [0.25, 0.3) is 0 Å². The molecule has 25 heteroatoms. The number of nitrogens with one attached hydrogen (secondary N) is 5. The van der Waals surface area contributed by atoms with E-state index in [1.165, 1.54) is 18.6 Å². The Morgan fingerprint density at radius 1 is 0.782 bits per heavy atom. The number of hydrogen-bond acceptors (Lipinski definition) is 18. The molecule has 0 spiro atoms. The minimum absolute atomic E-state index is 0.0385. The molecule has 3 saturated heterocycles. The Hall–Kier alpha value is -5.38. The number of nitrogens with two attached hydrogens (primary N) is 2. The highest BCUT2D eigenvalue weighted by Crippen LogP contribution is 2.30. The average molecular weight is 1110 g/mol. The maximum absolute atomic E-state index is 14.6. The first-order valence-electron chi connectivity index (χ1n) is 27.5. The van der Waals surface area contributed by atoms with E-state index in [1.807, 2.05) is 0 Å². The zero-order valence-corrected chi connectivity index (χ0v) is 45.4. The summed E-state index contributed by atoms with van der Waals surface area (Å²) in [4.78, 5) is 114. The van der Waals surface area contributed by atoms with Crippen molar-refractivity contribution >= 4 is 47.1 Å². The topological polar surface area (TPSA) is 417 Å². The van der Waals surface area contributed by atoms with E-state index in [9.17, 15) is 79.2 Å². The van der Waals surface area contributed by atoms with Crippen molar-refractivity contribution in [1.82, 2.24) is 36.4 Å². The summed E-state index contributed by atoms with van der Waals surface area (Å²) in [5.74, 6) is -9.69. The van der Waals surface area contributed by atoms with Gasteiger partial charge in [-0.2, -0.15) is 0 Å². The summed E-state index contributed by atoms with van der Waals surface area (Å²) in [6, 6.07) is -4.43. The van der Waals surface area contributed by atoms with Crippen molar-refractivity contribution in [2.24, 2.45) is 29.2 Å². The molecular weight excluding hydrogens is 1020 g/mol. The lowest BCUT2D eigenvalue weighted by atomic mass is 9.86. The normalized spacial score (nSPS) is 28.5. The number of fused-ring (bicyclic) bond motifs is 2. The van der Waals surface area contributed by atoms with Crippen LogP contribution in [0.1, 0.15) is 136 Å². The van der Waals surface area contributed by atoms with Crippen molar-refractivity contribution in [2.45, 2.75) is 203 Å². The number of primary amides is 1. The van der Waals surface area contributed by atoms with Gasteiger partial charge in [0.1, 0.15) is 42.2 Å². The van der Waals surface area contributed by atoms with Gasteiger partial charge >= 0.3 is 0 Å². The maximum atomic E-state index is 14.6. The molecule has 78 heavy (non-hydrogen) atoms. The van der Waals surface area contributed by atoms with Crippen LogP contribution in [0.15, 0.2) is 24.3 Å². The zero-order valence-electron chi connectivity index (χ0n) is 45.4. The smallest absolute Gasteiger partial charge is 0.248 e. The van der Waals surface area contributed by atoms with E-state index in [0.29, 0.717) is 24.7 Å². The van der Waals surface area contributed by atoms with Gasteiger partial charge in [0.05, 0.1) is 55.0 Å². The van der Waals surface area contributed by atoms with Gasteiger partial charge in [-0.1, -0.05) is 77.8 Å². The predicted molar refractivity (Wildman–Crippen MR) is 282 cm³/mol. The second-order valence-electron chi connectivity index (χ2n) is 21.6. The van der Waals surface area contributed by atoms with Gasteiger partial charge in [0, 0.05) is 51.9 Å². The average Bonchev–Trinajstić information content (AvgIpc) is 4.01. The van der Waals surface area contributed by atoms with Gasteiger partial charge in [-0.25, -0.2) is 0 Å². The van der Waals surface area contributed by atoms with Crippen LogP contribution in [0.4, 0.5) is 0 Å². The Bertz CT molecular complexity index is 2160. The molecule has 0 aliphatic carbocycles. The Balaban J connectivity index is 1.74. The van der Waals surface area contributed by atoms with Gasteiger partial charge < -0.3 is 83.4 Å². The van der Waals surface area contributed by atoms with Crippen LogP contribution in [0, 0.1) is 17.8 Å². The van der Waals surface area contributed by atoms with E-state index in [4.69, 9.17) is 11.5 Å². The third kappa shape index (κ3) is 18.9. The molecule has 440 valence electrons. The number of Topliss-reactive ketones (excluding diaryl/α,β-unsaturated/α-hetero) is 1. The lowest BCUT2D eigenvalue weighted by molar-refractivity contribution is -0.149. The van der Waals surface area contributed by atoms with Crippen molar-refractivity contribution in [2.75, 3.05) is 26.2 Å². The molecule has 2 unspecified atom stereocenters. The molecule has 3 heterocycles. The maximum Gasteiger partial charge on any atom is 0.248 e. The third-order valence-corrected chi connectivity index (χ3v) is 15.2. The molecule has 0 aromatic heterocycles. The number of ketones is 1. The van der Waals surface area contributed by atoms with Gasteiger partial charge in [0.15, 0.2) is 5.78 Å². The van der Waals surface area contributed by atoms with Crippen LogP contribution in [-0.4, -0.2) is 197 Å². The number of phenols is 1. The molecule has 17 N–H and O–H groups in total. The van der Waals surface area contributed by atoms with Crippen LogP contribution in [0.5, 0.6) is 5.75 Å². The van der Waals surface area contributed by atoms with Crippen LogP contribution in [0.25, 0.3) is 0 Å². The molecule has 16 atom stereocenters. The Morgan fingerprint density at radius 3 is 2.04 bits per heavy atom. The molecule has 0 bridgehead atoms.